The fourth-order valence-corrected chi connectivity index (χ4v) is 4.73. The van der Waals surface area contributed by atoms with Gasteiger partial charge in [0.05, 0.1) is 12.7 Å². The molecule has 1 atom stereocenters. The summed E-state index contributed by atoms with van der Waals surface area (Å²) in [5.74, 6) is 0.929. The van der Waals surface area contributed by atoms with E-state index in [2.05, 4.69) is 31.6 Å². The maximum atomic E-state index is 12.2. The molecule has 5 nitrogen and oxygen atoms in total. The van der Waals surface area contributed by atoms with Crippen molar-refractivity contribution in [2.75, 3.05) is 25.0 Å². The van der Waals surface area contributed by atoms with E-state index in [0.717, 1.165) is 38.3 Å². The zero-order valence-electron chi connectivity index (χ0n) is 14.6. The lowest BCUT2D eigenvalue weighted by Gasteiger charge is -2.34. The van der Waals surface area contributed by atoms with Crippen LogP contribution in [0.25, 0.3) is 0 Å². The second-order valence-electron chi connectivity index (χ2n) is 7.14. The molecule has 1 saturated heterocycles. The number of pyridine rings is 1. The van der Waals surface area contributed by atoms with Gasteiger partial charge in [-0.25, -0.2) is 9.97 Å². The van der Waals surface area contributed by atoms with Crippen LogP contribution in [0.4, 0.5) is 14.6 Å². The van der Waals surface area contributed by atoms with Crippen LogP contribution in [-0.4, -0.2) is 47.7 Å². The lowest BCUT2D eigenvalue weighted by atomic mass is 9.92. The Hall–Kier alpha value is -1.80. The standard InChI is InChI=1S/C18H22F2N4OS/c1-23(12-16-21-6-9-26-16)14-10-18(14)4-7-24(8-5-18)15-3-2-13(11-22-15)25-17(19)20/h2-3,6,9,11,14,17H,4-5,7-8,10,12H2,1H3. The van der Waals surface area contributed by atoms with Crippen molar-refractivity contribution in [2.24, 2.45) is 5.41 Å². The molecule has 1 spiro atoms. The van der Waals surface area contributed by atoms with Crippen LogP contribution in [0.1, 0.15) is 24.3 Å². The number of aromatic nitrogens is 2. The average molecular weight is 380 g/mol. The van der Waals surface area contributed by atoms with Crippen LogP contribution in [0.5, 0.6) is 5.75 Å². The molecule has 26 heavy (non-hydrogen) atoms. The van der Waals surface area contributed by atoms with E-state index < -0.39 is 6.61 Å². The minimum absolute atomic E-state index is 0.100. The highest BCUT2D eigenvalue weighted by molar-refractivity contribution is 7.09. The summed E-state index contributed by atoms with van der Waals surface area (Å²) < 4.78 is 28.8. The van der Waals surface area contributed by atoms with Crippen molar-refractivity contribution in [1.82, 2.24) is 14.9 Å². The molecule has 2 fully saturated rings. The first kappa shape index (κ1) is 17.6. The van der Waals surface area contributed by atoms with E-state index in [-0.39, 0.29) is 5.75 Å². The van der Waals surface area contributed by atoms with Gasteiger partial charge in [-0.05, 0) is 43.9 Å². The molecule has 0 aromatic carbocycles. The first-order valence-corrected chi connectivity index (χ1v) is 9.68. The average Bonchev–Trinajstić information content (AvgIpc) is 3.07. The maximum Gasteiger partial charge on any atom is 0.387 e. The number of thiazole rings is 1. The van der Waals surface area contributed by atoms with Gasteiger partial charge in [0.1, 0.15) is 16.6 Å². The topological polar surface area (TPSA) is 41.5 Å². The molecule has 0 amide bonds. The van der Waals surface area contributed by atoms with Crippen LogP contribution in [0.15, 0.2) is 29.9 Å². The van der Waals surface area contributed by atoms with E-state index in [9.17, 15) is 8.78 Å². The normalized spacial score (nSPS) is 21.6. The second kappa shape index (κ2) is 7.08. The molecule has 1 saturated carbocycles. The number of nitrogens with zero attached hydrogens (tertiary/aromatic N) is 4. The summed E-state index contributed by atoms with van der Waals surface area (Å²) in [6.07, 6.45) is 6.75. The summed E-state index contributed by atoms with van der Waals surface area (Å²) in [5.41, 5.74) is 0.418. The molecule has 2 aromatic rings. The summed E-state index contributed by atoms with van der Waals surface area (Å²) in [6.45, 7) is -0.000474. The molecule has 2 aliphatic rings. The Morgan fingerprint density at radius 2 is 2.15 bits per heavy atom. The van der Waals surface area contributed by atoms with Crippen molar-refractivity contribution in [2.45, 2.75) is 38.5 Å². The van der Waals surface area contributed by atoms with E-state index in [4.69, 9.17) is 0 Å². The molecular formula is C18H22F2N4OS. The van der Waals surface area contributed by atoms with Crippen molar-refractivity contribution in [3.63, 3.8) is 0 Å². The third-order valence-electron chi connectivity index (χ3n) is 5.58. The van der Waals surface area contributed by atoms with Crippen LogP contribution in [-0.2, 0) is 6.54 Å². The number of hydrogen-bond donors (Lipinski definition) is 0. The number of hydrogen-bond acceptors (Lipinski definition) is 6. The van der Waals surface area contributed by atoms with Crippen LogP contribution >= 0.6 is 11.3 Å². The molecule has 0 bridgehead atoms. The van der Waals surface area contributed by atoms with Gasteiger partial charge in [-0.3, -0.25) is 4.90 Å². The monoisotopic (exact) mass is 380 g/mol. The van der Waals surface area contributed by atoms with Crippen molar-refractivity contribution in [1.29, 1.82) is 0 Å². The third-order valence-corrected chi connectivity index (χ3v) is 6.34. The van der Waals surface area contributed by atoms with Crippen LogP contribution in [0.3, 0.4) is 0 Å². The van der Waals surface area contributed by atoms with Gasteiger partial charge >= 0.3 is 6.61 Å². The van der Waals surface area contributed by atoms with E-state index >= 15 is 0 Å². The zero-order valence-corrected chi connectivity index (χ0v) is 15.5. The van der Waals surface area contributed by atoms with Gasteiger partial charge < -0.3 is 9.64 Å². The van der Waals surface area contributed by atoms with Crippen molar-refractivity contribution in [3.8, 4) is 5.75 Å². The Morgan fingerprint density at radius 3 is 2.77 bits per heavy atom. The Morgan fingerprint density at radius 1 is 1.35 bits per heavy atom. The highest BCUT2D eigenvalue weighted by Gasteiger charge is 2.56. The predicted octanol–water partition coefficient (Wildman–Crippen LogP) is 3.63. The molecule has 1 unspecified atom stereocenters. The molecule has 1 aliphatic carbocycles. The number of halogens is 2. The van der Waals surface area contributed by atoms with Gasteiger partial charge in [-0.2, -0.15) is 8.78 Å². The van der Waals surface area contributed by atoms with Crippen molar-refractivity contribution < 1.29 is 13.5 Å². The Labute approximate surface area is 155 Å². The Balaban J connectivity index is 1.30. The van der Waals surface area contributed by atoms with E-state index in [0.29, 0.717) is 11.5 Å². The van der Waals surface area contributed by atoms with E-state index in [1.54, 1.807) is 23.5 Å². The SMILES string of the molecule is CN(Cc1nccs1)C1CC12CCN(c1ccc(OC(F)F)cn1)CC2. The fraction of sp³-hybridized carbons (Fsp3) is 0.556. The van der Waals surface area contributed by atoms with Gasteiger partial charge in [0.25, 0.3) is 0 Å². The summed E-state index contributed by atoms with van der Waals surface area (Å²) in [4.78, 5) is 13.3. The molecule has 2 aromatic heterocycles. The summed E-state index contributed by atoms with van der Waals surface area (Å²) in [5, 5.41) is 3.19. The van der Waals surface area contributed by atoms with Crippen LogP contribution in [0.2, 0.25) is 0 Å². The lowest BCUT2D eigenvalue weighted by molar-refractivity contribution is -0.0500. The van der Waals surface area contributed by atoms with Gasteiger partial charge in [-0.15, -0.1) is 11.3 Å². The number of rotatable bonds is 6. The highest BCUT2D eigenvalue weighted by atomic mass is 32.1. The molecule has 1 aliphatic heterocycles. The van der Waals surface area contributed by atoms with Gasteiger partial charge in [0, 0.05) is 30.7 Å². The summed E-state index contributed by atoms with van der Waals surface area (Å²) in [7, 11) is 2.19. The van der Waals surface area contributed by atoms with Crippen LogP contribution in [0, 0.1) is 5.41 Å². The molecule has 0 radical (unpaired) electrons. The quantitative estimate of drug-likeness (QED) is 0.766. The summed E-state index contributed by atoms with van der Waals surface area (Å²) >= 11 is 1.71. The maximum absolute atomic E-state index is 12.2. The van der Waals surface area contributed by atoms with Crippen molar-refractivity contribution in [3.05, 3.63) is 34.9 Å². The minimum atomic E-state index is -2.81. The largest absolute Gasteiger partial charge is 0.433 e. The Kier molecular flexibility index (Phi) is 4.79. The predicted molar refractivity (Wildman–Crippen MR) is 96.7 cm³/mol. The minimum Gasteiger partial charge on any atom is -0.433 e. The smallest absolute Gasteiger partial charge is 0.387 e. The van der Waals surface area contributed by atoms with Gasteiger partial charge in [-0.1, -0.05) is 0 Å². The fourth-order valence-electron chi connectivity index (χ4n) is 4.05. The molecule has 140 valence electrons. The lowest BCUT2D eigenvalue weighted by Crippen LogP contribution is -2.38. The van der Waals surface area contributed by atoms with E-state index in [1.165, 1.54) is 17.6 Å². The van der Waals surface area contributed by atoms with Crippen molar-refractivity contribution >= 4 is 17.2 Å². The number of alkyl halides is 2. The first-order chi connectivity index (χ1) is 12.6. The first-order valence-electron chi connectivity index (χ1n) is 8.80. The molecule has 8 heteroatoms. The highest BCUT2D eigenvalue weighted by Crippen LogP contribution is 2.56. The van der Waals surface area contributed by atoms with Gasteiger partial charge in [0.2, 0.25) is 0 Å². The molecular weight excluding hydrogens is 358 g/mol. The number of piperidine rings is 1. The zero-order chi connectivity index (χ0) is 18.1. The summed E-state index contributed by atoms with van der Waals surface area (Å²) in [6, 6.07) is 3.94. The van der Waals surface area contributed by atoms with Gasteiger partial charge in [0.15, 0.2) is 0 Å². The second-order valence-corrected chi connectivity index (χ2v) is 8.12. The molecule has 0 N–H and O–H groups in total. The number of anilines is 1. The molecule has 3 heterocycles. The van der Waals surface area contributed by atoms with E-state index in [1.807, 2.05) is 11.6 Å². The Bertz CT molecular complexity index is 717. The van der Waals surface area contributed by atoms with Crippen LogP contribution < -0.4 is 9.64 Å². The third kappa shape index (κ3) is 3.66. The molecule has 4 rings (SSSR count). The number of ether oxygens (including phenoxy) is 1.